The molecule has 0 aliphatic carbocycles. The van der Waals surface area contributed by atoms with Crippen LogP contribution in [0.25, 0.3) is 0 Å². The summed E-state index contributed by atoms with van der Waals surface area (Å²) in [5, 5.41) is 13.9. The van der Waals surface area contributed by atoms with Gasteiger partial charge in [0.2, 0.25) is 0 Å². The van der Waals surface area contributed by atoms with Crippen molar-refractivity contribution in [2.45, 2.75) is 52.5 Å². The summed E-state index contributed by atoms with van der Waals surface area (Å²) in [6, 6.07) is 2.04. The maximum atomic E-state index is 5.42. The number of hydrogen-bond acceptors (Lipinski definition) is 5. The van der Waals surface area contributed by atoms with E-state index in [0.717, 1.165) is 53.9 Å². The van der Waals surface area contributed by atoms with Crippen molar-refractivity contribution in [2.75, 3.05) is 13.6 Å². The van der Waals surface area contributed by atoms with E-state index in [2.05, 4.69) is 45.0 Å². The first-order chi connectivity index (χ1) is 11.7. The predicted molar refractivity (Wildman–Crippen MR) is 98.6 cm³/mol. The van der Waals surface area contributed by atoms with Crippen LogP contribution in [-0.4, -0.2) is 29.7 Å². The van der Waals surface area contributed by atoms with E-state index in [4.69, 9.17) is 4.52 Å². The number of nitrogens with zero attached hydrogens (tertiary/aromatic N) is 3. The maximum Gasteiger partial charge on any atom is 0.191 e. The molecular weight excluding hydrogens is 322 g/mol. The number of rotatable bonds is 8. The first-order valence-electron chi connectivity index (χ1n) is 8.47. The zero-order valence-electron chi connectivity index (χ0n) is 14.9. The Morgan fingerprint density at radius 3 is 2.75 bits per heavy atom. The summed E-state index contributed by atoms with van der Waals surface area (Å²) in [4.78, 5) is 8.69. The highest BCUT2D eigenvalue weighted by molar-refractivity contribution is 7.09. The van der Waals surface area contributed by atoms with E-state index in [1.165, 1.54) is 0 Å². The van der Waals surface area contributed by atoms with Crippen LogP contribution in [-0.2, 0) is 13.0 Å². The van der Waals surface area contributed by atoms with Crippen molar-refractivity contribution >= 4 is 17.3 Å². The minimum atomic E-state index is 0.474. The Bertz CT molecular complexity index is 645. The Morgan fingerprint density at radius 1 is 1.33 bits per heavy atom. The molecule has 2 aromatic heterocycles. The third-order valence-electron chi connectivity index (χ3n) is 3.97. The van der Waals surface area contributed by atoms with Crippen LogP contribution < -0.4 is 10.6 Å². The van der Waals surface area contributed by atoms with Crippen molar-refractivity contribution in [3.05, 3.63) is 33.6 Å². The molecule has 0 aliphatic heterocycles. The van der Waals surface area contributed by atoms with Crippen LogP contribution in [0.3, 0.4) is 0 Å². The SMILES string of the molecule is CCC(CC)c1cc(CNC(=NC)NCCc2csc(C)n2)on1. The highest BCUT2D eigenvalue weighted by atomic mass is 32.1. The van der Waals surface area contributed by atoms with Crippen LogP contribution in [0.15, 0.2) is 21.0 Å². The molecule has 0 spiro atoms. The molecule has 0 bridgehead atoms. The molecule has 7 heteroatoms. The summed E-state index contributed by atoms with van der Waals surface area (Å²) in [6.45, 7) is 7.74. The average molecular weight is 350 g/mol. The Morgan fingerprint density at radius 2 is 2.12 bits per heavy atom. The molecule has 0 aromatic carbocycles. The number of aryl methyl sites for hydroxylation is 1. The molecule has 0 unspecified atom stereocenters. The summed E-state index contributed by atoms with van der Waals surface area (Å²) in [5.74, 6) is 2.05. The van der Waals surface area contributed by atoms with E-state index in [1.54, 1.807) is 18.4 Å². The van der Waals surface area contributed by atoms with Gasteiger partial charge < -0.3 is 15.2 Å². The molecule has 0 aliphatic rings. The number of guanidine groups is 1. The van der Waals surface area contributed by atoms with Crippen LogP contribution in [0.1, 0.15) is 54.8 Å². The van der Waals surface area contributed by atoms with Crippen molar-refractivity contribution in [1.82, 2.24) is 20.8 Å². The number of hydrogen-bond donors (Lipinski definition) is 2. The highest BCUT2D eigenvalue weighted by Crippen LogP contribution is 2.22. The molecule has 0 saturated heterocycles. The maximum absolute atomic E-state index is 5.42. The topological polar surface area (TPSA) is 75.3 Å². The van der Waals surface area contributed by atoms with Crippen molar-refractivity contribution < 1.29 is 4.52 Å². The van der Waals surface area contributed by atoms with Crippen molar-refractivity contribution in [1.29, 1.82) is 0 Å². The molecule has 2 heterocycles. The van der Waals surface area contributed by atoms with Gasteiger partial charge in [-0.15, -0.1) is 11.3 Å². The second-order valence-electron chi connectivity index (χ2n) is 5.69. The average Bonchev–Trinajstić information content (AvgIpc) is 3.21. The normalized spacial score (nSPS) is 12.0. The van der Waals surface area contributed by atoms with Crippen LogP contribution in [0, 0.1) is 6.92 Å². The number of aliphatic imine (C=N–C) groups is 1. The molecule has 0 atom stereocenters. The molecule has 6 nitrogen and oxygen atoms in total. The first-order valence-corrected chi connectivity index (χ1v) is 9.35. The minimum absolute atomic E-state index is 0.474. The molecule has 0 radical (unpaired) electrons. The summed E-state index contributed by atoms with van der Waals surface area (Å²) in [7, 11) is 1.76. The fourth-order valence-electron chi connectivity index (χ4n) is 2.54. The fourth-order valence-corrected chi connectivity index (χ4v) is 3.18. The van der Waals surface area contributed by atoms with Crippen molar-refractivity contribution in [3.63, 3.8) is 0 Å². The zero-order valence-corrected chi connectivity index (χ0v) is 15.7. The molecule has 0 saturated carbocycles. The Labute approximate surface area is 147 Å². The lowest BCUT2D eigenvalue weighted by atomic mass is 9.99. The Balaban J connectivity index is 1.77. The summed E-state index contributed by atoms with van der Waals surface area (Å²) in [5.41, 5.74) is 2.16. The van der Waals surface area contributed by atoms with Gasteiger partial charge >= 0.3 is 0 Å². The van der Waals surface area contributed by atoms with E-state index < -0.39 is 0 Å². The molecule has 0 amide bonds. The molecule has 2 rings (SSSR count). The van der Waals surface area contributed by atoms with Gasteiger partial charge in [-0.3, -0.25) is 4.99 Å². The predicted octanol–water partition coefficient (Wildman–Crippen LogP) is 3.25. The van der Waals surface area contributed by atoms with Gasteiger partial charge in [0.15, 0.2) is 11.7 Å². The van der Waals surface area contributed by atoms with Crippen LogP contribution >= 0.6 is 11.3 Å². The highest BCUT2D eigenvalue weighted by Gasteiger charge is 2.13. The van der Waals surface area contributed by atoms with Crippen molar-refractivity contribution in [3.8, 4) is 0 Å². The lowest BCUT2D eigenvalue weighted by Gasteiger charge is -2.10. The summed E-state index contributed by atoms with van der Waals surface area (Å²) < 4.78 is 5.42. The van der Waals surface area contributed by atoms with E-state index in [0.29, 0.717) is 12.5 Å². The monoisotopic (exact) mass is 349 g/mol. The van der Waals surface area contributed by atoms with E-state index in [1.807, 2.05) is 13.0 Å². The number of nitrogens with one attached hydrogen (secondary N) is 2. The smallest absolute Gasteiger partial charge is 0.191 e. The van der Waals surface area contributed by atoms with E-state index in [-0.39, 0.29) is 0 Å². The molecule has 2 N–H and O–H groups in total. The third kappa shape index (κ3) is 5.33. The van der Waals surface area contributed by atoms with Crippen LogP contribution in [0.4, 0.5) is 0 Å². The zero-order chi connectivity index (χ0) is 17.4. The van der Waals surface area contributed by atoms with Gasteiger partial charge in [-0.25, -0.2) is 4.98 Å². The third-order valence-corrected chi connectivity index (χ3v) is 4.80. The Kier molecular flexibility index (Phi) is 7.24. The largest absolute Gasteiger partial charge is 0.359 e. The van der Waals surface area contributed by atoms with Crippen LogP contribution in [0.2, 0.25) is 0 Å². The van der Waals surface area contributed by atoms with E-state index in [9.17, 15) is 0 Å². The first kappa shape index (κ1) is 18.4. The van der Waals surface area contributed by atoms with Gasteiger partial charge in [-0.1, -0.05) is 19.0 Å². The lowest BCUT2D eigenvalue weighted by molar-refractivity contribution is 0.368. The summed E-state index contributed by atoms with van der Waals surface area (Å²) in [6.07, 6.45) is 3.04. The van der Waals surface area contributed by atoms with E-state index >= 15 is 0 Å². The number of aromatic nitrogens is 2. The van der Waals surface area contributed by atoms with Crippen molar-refractivity contribution in [2.24, 2.45) is 4.99 Å². The fraction of sp³-hybridized carbons (Fsp3) is 0.588. The van der Waals surface area contributed by atoms with Crippen LogP contribution in [0.5, 0.6) is 0 Å². The van der Waals surface area contributed by atoms with Gasteiger partial charge in [0.1, 0.15) is 0 Å². The quantitative estimate of drug-likeness (QED) is 0.565. The van der Waals surface area contributed by atoms with Gasteiger partial charge in [0.25, 0.3) is 0 Å². The van der Waals surface area contributed by atoms with Gasteiger partial charge in [-0.2, -0.15) is 0 Å². The number of thiazole rings is 1. The second-order valence-corrected chi connectivity index (χ2v) is 6.75. The Hall–Kier alpha value is -1.89. The van der Waals surface area contributed by atoms with Gasteiger partial charge in [0, 0.05) is 37.4 Å². The molecule has 24 heavy (non-hydrogen) atoms. The molecule has 132 valence electrons. The molecular formula is C17H27N5OS. The molecule has 2 aromatic rings. The minimum Gasteiger partial charge on any atom is -0.359 e. The van der Waals surface area contributed by atoms with Gasteiger partial charge in [-0.05, 0) is 19.8 Å². The van der Waals surface area contributed by atoms with Gasteiger partial charge in [0.05, 0.1) is 22.9 Å². The second kappa shape index (κ2) is 9.42. The molecule has 0 fully saturated rings. The summed E-state index contributed by atoms with van der Waals surface area (Å²) >= 11 is 1.68. The lowest BCUT2D eigenvalue weighted by Crippen LogP contribution is -2.37. The standard InChI is InChI=1S/C17H27N5OS/c1-5-13(6-2)16-9-15(23-22-16)10-20-17(18-4)19-8-7-14-11-24-12(3)21-14/h9,11,13H,5-8,10H2,1-4H3,(H2,18,19,20).